The number of hydrogen-bond acceptors (Lipinski definition) is 6. The van der Waals surface area contributed by atoms with Crippen LogP contribution < -0.4 is 11.1 Å². The molecule has 5 nitrogen and oxygen atoms in total. The number of aliphatic imine (C=N–C) groups is 1. The molecule has 0 aliphatic rings. The molecule has 3 N–H and O–H groups in total. The minimum atomic E-state index is -0.413. The summed E-state index contributed by atoms with van der Waals surface area (Å²) in [6.07, 6.45) is 4.84. The van der Waals surface area contributed by atoms with E-state index in [-0.39, 0.29) is 6.04 Å². The normalized spacial score (nSPS) is 13.3. The Morgan fingerprint density at radius 2 is 2.10 bits per heavy atom. The van der Waals surface area contributed by atoms with Crippen molar-refractivity contribution in [2.24, 2.45) is 10.7 Å². The third kappa shape index (κ3) is 8.24. The minimum Gasteiger partial charge on any atom is -0.463 e. The van der Waals surface area contributed by atoms with E-state index < -0.39 is 5.97 Å². The number of hydrogen-bond donors (Lipinski definition) is 2. The Labute approximate surface area is 131 Å². The maximum absolute atomic E-state index is 11.4. The lowest BCUT2D eigenvalue weighted by molar-refractivity contribution is -0.137. The van der Waals surface area contributed by atoms with Crippen molar-refractivity contribution in [1.82, 2.24) is 5.32 Å². The highest BCUT2D eigenvalue weighted by atomic mass is 32.2. The van der Waals surface area contributed by atoms with E-state index in [2.05, 4.69) is 16.9 Å². The molecule has 21 heavy (non-hydrogen) atoms. The van der Waals surface area contributed by atoms with Crippen LogP contribution in [0.4, 0.5) is 0 Å². The van der Waals surface area contributed by atoms with E-state index in [0.29, 0.717) is 28.7 Å². The molecule has 0 aromatic heterocycles. The molecule has 0 amide bonds. The third-order valence-corrected chi connectivity index (χ3v) is 2.89. The van der Waals surface area contributed by atoms with Gasteiger partial charge in [0, 0.05) is 23.4 Å². The zero-order valence-electron chi connectivity index (χ0n) is 13.4. The van der Waals surface area contributed by atoms with Crippen molar-refractivity contribution in [3.63, 3.8) is 0 Å². The highest BCUT2D eigenvalue weighted by Crippen LogP contribution is 2.13. The molecule has 0 heterocycles. The van der Waals surface area contributed by atoms with Crippen LogP contribution >= 0.6 is 11.8 Å². The number of esters is 1. The lowest BCUT2D eigenvalue weighted by atomic mass is 10.1. The molecule has 6 heteroatoms. The topological polar surface area (TPSA) is 76.7 Å². The summed E-state index contributed by atoms with van der Waals surface area (Å²) in [7, 11) is 0. The summed E-state index contributed by atoms with van der Waals surface area (Å²) in [5.41, 5.74) is 7.37. The second kappa shape index (κ2) is 10.1. The fourth-order valence-electron chi connectivity index (χ4n) is 1.43. The number of nitrogens with zero attached hydrogens (tertiary/aromatic N) is 1. The van der Waals surface area contributed by atoms with Gasteiger partial charge in [0.25, 0.3) is 0 Å². The van der Waals surface area contributed by atoms with Gasteiger partial charge < -0.3 is 15.8 Å². The lowest BCUT2D eigenvalue weighted by Gasteiger charge is -2.14. The number of nitrogens with one attached hydrogen (secondary N) is 1. The number of carbonyl (C=O) groups is 1. The summed E-state index contributed by atoms with van der Waals surface area (Å²) < 4.78 is 4.86. The van der Waals surface area contributed by atoms with E-state index >= 15 is 0 Å². The fourth-order valence-corrected chi connectivity index (χ4v) is 1.66. The van der Waals surface area contributed by atoms with Crippen LogP contribution in [0.1, 0.15) is 27.7 Å². The average Bonchev–Trinajstić information content (AvgIpc) is 2.38. The van der Waals surface area contributed by atoms with E-state index in [9.17, 15) is 4.79 Å². The summed E-state index contributed by atoms with van der Waals surface area (Å²) in [4.78, 5) is 15.8. The molecule has 0 saturated carbocycles. The summed E-state index contributed by atoms with van der Waals surface area (Å²) in [6.45, 7) is 11.7. The van der Waals surface area contributed by atoms with Crippen LogP contribution in [0, 0.1) is 0 Å². The van der Waals surface area contributed by atoms with Crippen molar-refractivity contribution in [2.75, 3.05) is 12.9 Å². The van der Waals surface area contributed by atoms with E-state index in [1.807, 2.05) is 27.0 Å². The first-order valence-electron chi connectivity index (χ1n) is 6.71. The zero-order chi connectivity index (χ0) is 16.4. The van der Waals surface area contributed by atoms with Crippen molar-refractivity contribution in [2.45, 2.75) is 33.7 Å². The number of ether oxygens (including phenoxy) is 1. The quantitative estimate of drug-likeness (QED) is 0.312. The Balaban J connectivity index is 5.43. The molecule has 0 saturated heterocycles. The Morgan fingerprint density at radius 1 is 1.48 bits per heavy atom. The van der Waals surface area contributed by atoms with Gasteiger partial charge in [-0.05, 0) is 40.0 Å². The predicted molar refractivity (Wildman–Crippen MR) is 91.0 cm³/mol. The molecule has 0 atom stereocenters. The van der Waals surface area contributed by atoms with Crippen molar-refractivity contribution in [3.8, 4) is 0 Å². The summed E-state index contributed by atoms with van der Waals surface area (Å²) in [5.74, 6) is 0.0459. The van der Waals surface area contributed by atoms with Crippen LogP contribution in [0.25, 0.3) is 0 Å². The van der Waals surface area contributed by atoms with Crippen molar-refractivity contribution in [1.29, 1.82) is 0 Å². The van der Waals surface area contributed by atoms with Gasteiger partial charge in [0.2, 0.25) is 0 Å². The Morgan fingerprint density at radius 3 is 2.57 bits per heavy atom. The van der Waals surface area contributed by atoms with Crippen LogP contribution in [-0.4, -0.2) is 30.6 Å². The van der Waals surface area contributed by atoms with Crippen LogP contribution in [0.2, 0.25) is 0 Å². The Bertz CT molecular complexity index is 466. The Kier molecular flexibility index (Phi) is 9.28. The van der Waals surface area contributed by atoms with Gasteiger partial charge in [0.05, 0.1) is 11.6 Å². The van der Waals surface area contributed by atoms with Gasteiger partial charge in [-0.3, -0.25) is 0 Å². The number of carbonyl (C=O) groups excluding carboxylic acids is 1. The maximum Gasteiger partial charge on any atom is 0.330 e. The summed E-state index contributed by atoms with van der Waals surface area (Å²) >= 11 is 1.45. The molecular weight excluding hydrogens is 286 g/mol. The van der Waals surface area contributed by atoms with Crippen molar-refractivity contribution < 1.29 is 9.53 Å². The van der Waals surface area contributed by atoms with Crippen LogP contribution in [0.5, 0.6) is 0 Å². The molecule has 0 aromatic rings. The molecule has 0 aliphatic heterocycles. The predicted octanol–water partition coefficient (Wildman–Crippen LogP) is 2.57. The van der Waals surface area contributed by atoms with Gasteiger partial charge in [-0.2, -0.15) is 0 Å². The first-order valence-corrected chi connectivity index (χ1v) is 7.93. The molecule has 0 radical (unpaired) electrons. The fraction of sp³-hybridized carbons (Fsp3) is 0.467. The molecule has 0 aromatic carbocycles. The molecular formula is C15H25N3O2S. The van der Waals surface area contributed by atoms with Crippen molar-refractivity contribution in [3.05, 3.63) is 35.2 Å². The number of allylic oxidation sites excluding steroid dienone is 2. The highest BCUT2D eigenvalue weighted by molar-refractivity contribution is 8.02. The molecule has 0 rings (SSSR count). The number of rotatable bonds is 8. The monoisotopic (exact) mass is 311 g/mol. The largest absolute Gasteiger partial charge is 0.463 e. The zero-order valence-corrected chi connectivity index (χ0v) is 14.2. The molecule has 0 bridgehead atoms. The first-order chi connectivity index (χ1) is 9.81. The van der Waals surface area contributed by atoms with E-state index in [1.54, 1.807) is 13.0 Å². The highest BCUT2D eigenvalue weighted by Gasteiger charge is 2.07. The van der Waals surface area contributed by atoms with Crippen LogP contribution in [-0.2, 0) is 9.53 Å². The van der Waals surface area contributed by atoms with Gasteiger partial charge in [-0.1, -0.05) is 6.58 Å². The SMILES string of the molecule is C=C(/N=C(/C)C(/C=C/C(=O)OCC)=C(N)NC(C)C)SC. The lowest BCUT2D eigenvalue weighted by Crippen LogP contribution is -2.29. The summed E-state index contributed by atoms with van der Waals surface area (Å²) in [6, 6.07) is 0.174. The second-order valence-electron chi connectivity index (χ2n) is 4.51. The number of thioether (sulfide) groups is 1. The van der Waals surface area contributed by atoms with Crippen LogP contribution in [0.15, 0.2) is 40.1 Å². The van der Waals surface area contributed by atoms with Gasteiger partial charge in [0.15, 0.2) is 0 Å². The minimum absolute atomic E-state index is 0.174. The first kappa shape index (κ1) is 19.3. The summed E-state index contributed by atoms with van der Waals surface area (Å²) in [5, 5.41) is 3.78. The molecule has 0 spiro atoms. The third-order valence-electron chi connectivity index (χ3n) is 2.32. The number of nitrogens with two attached hydrogens (primary N) is 1. The second-order valence-corrected chi connectivity index (χ2v) is 5.39. The van der Waals surface area contributed by atoms with E-state index in [4.69, 9.17) is 10.5 Å². The molecule has 0 unspecified atom stereocenters. The van der Waals surface area contributed by atoms with E-state index in [0.717, 1.165) is 0 Å². The van der Waals surface area contributed by atoms with E-state index in [1.165, 1.54) is 17.8 Å². The maximum atomic E-state index is 11.4. The Hall–Kier alpha value is -1.69. The van der Waals surface area contributed by atoms with Gasteiger partial charge >= 0.3 is 5.97 Å². The smallest absolute Gasteiger partial charge is 0.330 e. The van der Waals surface area contributed by atoms with Crippen molar-refractivity contribution >= 4 is 23.4 Å². The van der Waals surface area contributed by atoms with Gasteiger partial charge in [0.1, 0.15) is 5.82 Å². The van der Waals surface area contributed by atoms with Gasteiger partial charge in [-0.15, -0.1) is 11.8 Å². The molecule has 0 fully saturated rings. The standard InChI is InChI=1S/C15H25N3O2S/c1-7-20-14(19)9-8-13(15(16)17-10(2)3)11(4)18-12(5)21-6/h8-10,17H,5,7,16H2,1-4,6H3/b9-8+,15-13?,18-11-. The average molecular weight is 311 g/mol. The molecule has 0 aliphatic carbocycles. The van der Waals surface area contributed by atoms with Gasteiger partial charge in [-0.25, -0.2) is 9.79 Å². The molecule has 118 valence electrons. The van der Waals surface area contributed by atoms with Crippen LogP contribution in [0.3, 0.4) is 0 Å².